The molecule has 0 spiro atoms. The number of carbonyl (C=O) groups excluding carboxylic acids is 1. The number of hydrogen-bond acceptors (Lipinski definition) is 4. The topological polar surface area (TPSA) is 84.9 Å². The zero-order valence-corrected chi connectivity index (χ0v) is 17.4. The predicted molar refractivity (Wildman–Crippen MR) is 116 cm³/mol. The molecule has 1 saturated carbocycles. The van der Waals surface area contributed by atoms with E-state index in [2.05, 4.69) is 5.32 Å². The van der Waals surface area contributed by atoms with Crippen molar-refractivity contribution in [1.29, 1.82) is 0 Å². The first kappa shape index (κ1) is 22.1. The Kier molecular flexibility index (Phi) is 8.11. The Bertz CT molecular complexity index is 864. The molecule has 2 aromatic carbocycles. The molecule has 160 valence electrons. The van der Waals surface area contributed by atoms with E-state index in [4.69, 9.17) is 26.2 Å². The first-order valence-corrected chi connectivity index (χ1v) is 10.5. The van der Waals surface area contributed by atoms with Crippen LogP contribution in [0.3, 0.4) is 0 Å². The normalized spacial score (nSPS) is 18.6. The van der Waals surface area contributed by atoms with Gasteiger partial charge in [0.2, 0.25) is 0 Å². The Morgan fingerprint density at radius 1 is 1.00 bits per heavy atom. The highest BCUT2D eigenvalue weighted by atomic mass is 35.5. The molecule has 0 atom stereocenters. The molecule has 0 bridgehead atoms. The van der Waals surface area contributed by atoms with Gasteiger partial charge in [-0.15, -0.1) is 0 Å². The lowest BCUT2D eigenvalue weighted by Gasteiger charge is -2.27. The van der Waals surface area contributed by atoms with Gasteiger partial charge in [-0.25, -0.2) is 9.59 Å². The molecule has 7 heteroatoms. The van der Waals surface area contributed by atoms with Crippen LogP contribution < -0.4 is 5.32 Å². The summed E-state index contributed by atoms with van der Waals surface area (Å²) < 4.78 is 10.6. The Morgan fingerprint density at radius 3 is 2.40 bits per heavy atom. The number of nitrogens with one attached hydrogen (secondary N) is 1. The summed E-state index contributed by atoms with van der Waals surface area (Å²) in [6.45, 7) is 0.592. The van der Waals surface area contributed by atoms with Crippen LogP contribution in [0.2, 0.25) is 5.02 Å². The Hall–Kier alpha value is -2.57. The number of carboxylic acid groups (broad SMARTS) is 1. The van der Waals surface area contributed by atoms with Crippen molar-refractivity contribution in [3.05, 3.63) is 53.6 Å². The van der Waals surface area contributed by atoms with Gasteiger partial charge in [0.25, 0.3) is 0 Å². The number of rotatable bonds is 8. The number of halogens is 1. The summed E-state index contributed by atoms with van der Waals surface area (Å²) in [6, 6.07) is 15.0. The van der Waals surface area contributed by atoms with Gasteiger partial charge >= 0.3 is 12.1 Å². The average Bonchev–Trinajstić information content (AvgIpc) is 2.73. The number of amides is 1. The number of hydrogen-bond donors (Lipinski definition) is 2. The van der Waals surface area contributed by atoms with Gasteiger partial charge in [0.15, 0.2) is 0 Å². The minimum absolute atomic E-state index is 0.250. The molecular weight excluding hydrogens is 406 g/mol. The van der Waals surface area contributed by atoms with E-state index in [-0.39, 0.29) is 6.61 Å². The van der Waals surface area contributed by atoms with Crippen molar-refractivity contribution in [3.8, 4) is 11.1 Å². The van der Waals surface area contributed by atoms with Crippen molar-refractivity contribution in [2.75, 3.05) is 25.1 Å². The minimum Gasteiger partial charge on any atom is -0.480 e. The number of anilines is 1. The van der Waals surface area contributed by atoms with E-state index in [1.165, 1.54) is 0 Å². The monoisotopic (exact) mass is 431 g/mol. The smallest absolute Gasteiger partial charge is 0.411 e. The zero-order chi connectivity index (χ0) is 21.3. The predicted octanol–water partition coefficient (Wildman–Crippen LogP) is 5.46. The Labute approximate surface area is 181 Å². The summed E-state index contributed by atoms with van der Waals surface area (Å²) in [4.78, 5) is 22.8. The van der Waals surface area contributed by atoms with E-state index in [1.54, 1.807) is 0 Å². The van der Waals surface area contributed by atoms with Crippen LogP contribution in [0.25, 0.3) is 11.1 Å². The zero-order valence-electron chi connectivity index (χ0n) is 16.7. The van der Waals surface area contributed by atoms with Crippen LogP contribution in [0.1, 0.15) is 25.7 Å². The molecule has 0 aromatic heterocycles. The van der Waals surface area contributed by atoms with E-state index in [9.17, 15) is 9.59 Å². The SMILES string of the molecule is O=C(O)COC[C@H]1CC[C@H](COC(=O)Nc2ccccc2-c2cccc(Cl)c2)CC1. The standard InChI is InChI=1S/C23H26ClNO5/c24-19-5-3-4-18(12-19)20-6-1-2-7-21(20)25-23(28)30-14-17-10-8-16(9-11-17)13-29-15-22(26)27/h1-7,12,16-17H,8-11,13-15H2,(H,25,28)(H,26,27)/t16-,17-. The molecule has 0 aliphatic heterocycles. The van der Waals surface area contributed by atoms with E-state index < -0.39 is 12.1 Å². The molecule has 2 N–H and O–H groups in total. The van der Waals surface area contributed by atoms with Crippen LogP contribution in [-0.2, 0) is 14.3 Å². The quantitative estimate of drug-likeness (QED) is 0.579. The maximum atomic E-state index is 12.3. The van der Waals surface area contributed by atoms with Gasteiger partial charge in [-0.3, -0.25) is 5.32 Å². The van der Waals surface area contributed by atoms with Gasteiger partial charge in [0, 0.05) is 10.6 Å². The molecule has 30 heavy (non-hydrogen) atoms. The summed E-state index contributed by atoms with van der Waals surface area (Å²) in [6.07, 6.45) is 3.30. The fraction of sp³-hybridized carbons (Fsp3) is 0.391. The number of carbonyl (C=O) groups is 2. The molecule has 6 nitrogen and oxygen atoms in total. The lowest BCUT2D eigenvalue weighted by Crippen LogP contribution is -2.25. The maximum Gasteiger partial charge on any atom is 0.411 e. The molecule has 1 amide bonds. The lowest BCUT2D eigenvalue weighted by atomic mass is 9.83. The number of para-hydroxylation sites is 1. The van der Waals surface area contributed by atoms with Crippen molar-refractivity contribution >= 4 is 29.4 Å². The van der Waals surface area contributed by atoms with Gasteiger partial charge in [-0.1, -0.05) is 41.9 Å². The van der Waals surface area contributed by atoms with Crippen LogP contribution in [-0.4, -0.2) is 37.0 Å². The fourth-order valence-corrected chi connectivity index (χ4v) is 3.91. The number of benzene rings is 2. The first-order chi connectivity index (χ1) is 14.5. The van der Waals surface area contributed by atoms with Crippen molar-refractivity contribution in [3.63, 3.8) is 0 Å². The molecule has 0 radical (unpaired) electrons. The van der Waals surface area contributed by atoms with Crippen molar-refractivity contribution in [1.82, 2.24) is 0 Å². The molecular formula is C23H26ClNO5. The van der Waals surface area contributed by atoms with E-state index in [0.717, 1.165) is 36.8 Å². The summed E-state index contributed by atoms with van der Waals surface area (Å²) in [5, 5.41) is 12.1. The summed E-state index contributed by atoms with van der Waals surface area (Å²) in [7, 11) is 0. The van der Waals surface area contributed by atoms with Gasteiger partial charge in [0.05, 0.1) is 18.9 Å². The van der Waals surface area contributed by atoms with Gasteiger partial charge in [0.1, 0.15) is 6.61 Å². The van der Waals surface area contributed by atoms with Crippen LogP contribution in [0.4, 0.5) is 10.5 Å². The van der Waals surface area contributed by atoms with Crippen LogP contribution in [0, 0.1) is 11.8 Å². The molecule has 3 rings (SSSR count). The highest BCUT2D eigenvalue weighted by Gasteiger charge is 2.23. The second-order valence-electron chi connectivity index (χ2n) is 7.58. The van der Waals surface area contributed by atoms with Crippen LogP contribution in [0.5, 0.6) is 0 Å². The molecule has 0 heterocycles. The van der Waals surface area contributed by atoms with Gasteiger partial charge in [-0.2, -0.15) is 0 Å². The minimum atomic E-state index is -0.944. The van der Waals surface area contributed by atoms with E-state index in [1.807, 2.05) is 48.5 Å². The van der Waals surface area contributed by atoms with E-state index >= 15 is 0 Å². The fourth-order valence-electron chi connectivity index (χ4n) is 3.72. The Balaban J connectivity index is 1.46. The number of carboxylic acids is 1. The van der Waals surface area contributed by atoms with Crippen molar-refractivity contribution in [2.45, 2.75) is 25.7 Å². The highest BCUT2D eigenvalue weighted by Crippen LogP contribution is 2.31. The third kappa shape index (κ3) is 6.75. The molecule has 1 aliphatic carbocycles. The highest BCUT2D eigenvalue weighted by molar-refractivity contribution is 6.30. The Morgan fingerprint density at radius 2 is 1.70 bits per heavy atom. The molecule has 0 unspecified atom stereocenters. The lowest BCUT2D eigenvalue weighted by molar-refractivity contribution is -0.142. The van der Waals surface area contributed by atoms with Crippen LogP contribution >= 0.6 is 11.6 Å². The molecule has 0 saturated heterocycles. The largest absolute Gasteiger partial charge is 0.480 e. The van der Waals surface area contributed by atoms with Crippen LogP contribution in [0.15, 0.2) is 48.5 Å². The van der Waals surface area contributed by atoms with Crippen molar-refractivity contribution < 1.29 is 24.2 Å². The molecule has 1 aliphatic rings. The second kappa shape index (κ2) is 11.0. The average molecular weight is 432 g/mol. The van der Waals surface area contributed by atoms with Gasteiger partial charge < -0.3 is 14.6 Å². The third-order valence-corrected chi connectivity index (χ3v) is 5.53. The summed E-state index contributed by atoms with van der Waals surface area (Å²) >= 11 is 6.09. The molecule has 2 aromatic rings. The number of aliphatic carboxylic acids is 1. The van der Waals surface area contributed by atoms with E-state index in [0.29, 0.717) is 35.8 Å². The first-order valence-electron chi connectivity index (χ1n) is 10.1. The summed E-state index contributed by atoms with van der Waals surface area (Å²) in [5.74, 6) is -0.256. The second-order valence-corrected chi connectivity index (χ2v) is 8.01. The molecule has 1 fully saturated rings. The maximum absolute atomic E-state index is 12.3. The number of ether oxygens (including phenoxy) is 2. The summed E-state index contributed by atoms with van der Waals surface area (Å²) in [5.41, 5.74) is 2.46. The van der Waals surface area contributed by atoms with Gasteiger partial charge in [-0.05, 0) is 61.3 Å². The van der Waals surface area contributed by atoms with Crippen molar-refractivity contribution in [2.24, 2.45) is 11.8 Å². The third-order valence-electron chi connectivity index (χ3n) is 5.29.